The van der Waals surface area contributed by atoms with Crippen molar-refractivity contribution in [2.45, 2.75) is 245 Å². The van der Waals surface area contributed by atoms with Gasteiger partial charge in [-0.25, -0.2) is 0 Å². The number of carbonyl (C=O) groups excluding carboxylic acids is 2. The smallest absolute Gasteiger partial charge is 0.306 e. The molecule has 0 aliphatic carbocycles. The fourth-order valence-corrected chi connectivity index (χ4v) is 6.57. The van der Waals surface area contributed by atoms with Crippen molar-refractivity contribution in [2.24, 2.45) is 0 Å². The molecule has 0 bridgehead atoms. The Morgan fingerprint density at radius 1 is 0.377 bits per heavy atom. The first-order valence-electron chi connectivity index (χ1n) is 23.0. The average molecular weight is 754 g/mol. The van der Waals surface area contributed by atoms with E-state index in [0.29, 0.717) is 13.2 Å². The van der Waals surface area contributed by atoms with Crippen molar-refractivity contribution in [1.82, 2.24) is 4.90 Å². The van der Waals surface area contributed by atoms with E-state index in [1.54, 1.807) is 0 Å². The first-order valence-corrected chi connectivity index (χ1v) is 23.0. The average Bonchev–Trinajstić information content (AvgIpc) is 3.13. The van der Waals surface area contributed by atoms with Gasteiger partial charge in [0, 0.05) is 6.42 Å². The summed E-state index contributed by atoms with van der Waals surface area (Å²) in [5, 5.41) is 8.21. The molecule has 0 fully saturated rings. The molecule has 53 heavy (non-hydrogen) atoms. The van der Waals surface area contributed by atoms with Crippen LogP contribution in [0.3, 0.4) is 0 Å². The van der Waals surface area contributed by atoms with Crippen LogP contribution < -0.4 is 0 Å². The zero-order valence-electron chi connectivity index (χ0n) is 36.0. The van der Waals surface area contributed by atoms with Crippen LogP contribution in [0.1, 0.15) is 245 Å². The van der Waals surface area contributed by atoms with Crippen molar-refractivity contribution in [1.29, 1.82) is 0 Å². The number of rotatable bonds is 41. The highest BCUT2D eigenvalue weighted by Gasteiger charge is 2.09. The largest absolute Gasteiger partial charge is 0.481 e. The standard InChI is InChI=1S/C40H78O4.C6H13NO2/c1-3-5-7-9-11-13-15-17-19-21-23-25-27-29-31-33-37-43-39(41)35-36-40(42)44-38-34-32-30-28-26-24-22-20-18-16-14-12-10-8-6-4-2;1-7(2)5-3-4-6(8)9/h3-38H2,1-2H3;3-5H2,1-2H3,(H,8,9). The second-order valence-electron chi connectivity index (χ2n) is 15.8. The van der Waals surface area contributed by atoms with Gasteiger partial charge in [-0.3, -0.25) is 14.4 Å². The number of carbonyl (C=O) groups is 3. The first-order chi connectivity index (χ1) is 25.8. The number of unbranched alkanes of at least 4 members (excludes halogenated alkanes) is 30. The minimum absolute atomic E-state index is 0.136. The molecule has 7 nitrogen and oxygen atoms in total. The summed E-state index contributed by atoms with van der Waals surface area (Å²) in [6.45, 7) is 6.37. The predicted octanol–water partition coefficient (Wildman–Crippen LogP) is 13.8. The molecule has 1 N–H and O–H groups in total. The lowest BCUT2D eigenvalue weighted by Crippen LogP contribution is -2.13. The van der Waals surface area contributed by atoms with Gasteiger partial charge in [-0.2, -0.15) is 0 Å². The highest BCUT2D eigenvalue weighted by Crippen LogP contribution is 2.15. The van der Waals surface area contributed by atoms with E-state index in [-0.39, 0.29) is 31.2 Å². The van der Waals surface area contributed by atoms with Gasteiger partial charge < -0.3 is 19.5 Å². The van der Waals surface area contributed by atoms with Crippen LogP contribution in [-0.2, 0) is 23.9 Å². The number of nitrogens with zero attached hydrogens (tertiary/aromatic N) is 1. The molecule has 0 aliphatic rings. The van der Waals surface area contributed by atoms with Gasteiger partial charge in [0.2, 0.25) is 0 Å². The second-order valence-corrected chi connectivity index (χ2v) is 15.8. The Morgan fingerprint density at radius 2 is 0.623 bits per heavy atom. The molecule has 0 aromatic heterocycles. The highest BCUT2D eigenvalue weighted by molar-refractivity contribution is 5.77. The van der Waals surface area contributed by atoms with E-state index in [1.165, 1.54) is 180 Å². The Balaban J connectivity index is 0. The second kappa shape index (κ2) is 46.5. The summed E-state index contributed by atoms with van der Waals surface area (Å²) in [5.74, 6) is -1.26. The number of esters is 2. The van der Waals surface area contributed by atoms with Gasteiger partial charge >= 0.3 is 17.9 Å². The van der Waals surface area contributed by atoms with Gasteiger partial charge in [0.05, 0.1) is 26.1 Å². The minimum Gasteiger partial charge on any atom is -0.481 e. The van der Waals surface area contributed by atoms with Crippen LogP contribution in [0.5, 0.6) is 0 Å². The summed E-state index contributed by atoms with van der Waals surface area (Å²) in [4.78, 5) is 35.8. The fourth-order valence-electron chi connectivity index (χ4n) is 6.57. The number of carboxylic acid groups (broad SMARTS) is 1. The van der Waals surface area contributed by atoms with E-state index < -0.39 is 5.97 Å². The number of ether oxygens (including phenoxy) is 2. The SMILES string of the molecule is CCCCCCCCCCCCCCCCCCOC(=O)CCC(=O)OCCCCCCCCCCCCCCCCCC.CN(C)CCCC(=O)O. The molecule has 0 rings (SSSR count). The Morgan fingerprint density at radius 3 is 0.849 bits per heavy atom. The summed E-state index contributed by atoms with van der Waals surface area (Å²) >= 11 is 0. The highest BCUT2D eigenvalue weighted by atomic mass is 16.5. The van der Waals surface area contributed by atoms with E-state index in [4.69, 9.17) is 14.6 Å². The van der Waals surface area contributed by atoms with Gasteiger partial charge in [-0.05, 0) is 39.9 Å². The summed E-state index contributed by atoms with van der Waals surface area (Å²) in [5.41, 5.74) is 0. The van der Waals surface area contributed by atoms with E-state index in [9.17, 15) is 14.4 Å². The maximum absolute atomic E-state index is 11.9. The molecule has 316 valence electrons. The lowest BCUT2D eigenvalue weighted by molar-refractivity contribution is -0.150. The topological polar surface area (TPSA) is 93.1 Å². The van der Waals surface area contributed by atoms with Gasteiger partial charge in [0.1, 0.15) is 0 Å². The molecule has 0 aromatic rings. The molecule has 0 aliphatic heterocycles. The van der Waals surface area contributed by atoms with Gasteiger partial charge in [0.15, 0.2) is 0 Å². The lowest BCUT2D eigenvalue weighted by atomic mass is 10.0. The van der Waals surface area contributed by atoms with Crippen LogP contribution in [0.4, 0.5) is 0 Å². The first kappa shape index (κ1) is 53.5. The summed E-state index contributed by atoms with van der Waals surface area (Å²) < 4.78 is 10.6. The Kier molecular flexibility index (Phi) is 46.9. The Labute approximate surface area is 329 Å². The van der Waals surface area contributed by atoms with Crippen LogP contribution in [0, 0.1) is 0 Å². The number of hydrogen-bond acceptors (Lipinski definition) is 6. The van der Waals surface area contributed by atoms with E-state index in [2.05, 4.69) is 13.8 Å². The molecule has 0 spiro atoms. The third-order valence-electron chi connectivity index (χ3n) is 10.1. The molecule has 0 saturated heterocycles. The minimum atomic E-state index is -0.711. The van der Waals surface area contributed by atoms with Crippen molar-refractivity contribution in [2.75, 3.05) is 33.9 Å². The molecular formula is C46H91NO6. The predicted molar refractivity (Wildman–Crippen MR) is 226 cm³/mol. The van der Waals surface area contributed by atoms with Crippen molar-refractivity contribution < 1.29 is 29.0 Å². The van der Waals surface area contributed by atoms with Crippen molar-refractivity contribution >= 4 is 17.9 Å². The molecular weight excluding hydrogens is 663 g/mol. The van der Waals surface area contributed by atoms with Crippen molar-refractivity contribution in [3.05, 3.63) is 0 Å². The summed E-state index contributed by atoms with van der Waals surface area (Å²) in [6.07, 6.45) is 43.9. The van der Waals surface area contributed by atoms with Gasteiger partial charge in [-0.1, -0.05) is 206 Å². The monoisotopic (exact) mass is 754 g/mol. The van der Waals surface area contributed by atoms with E-state index in [0.717, 1.165) is 38.6 Å². The molecule has 0 amide bonds. The van der Waals surface area contributed by atoms with Crippen LogP contribution >= 0.6 is 0 Å². The summed E-state index contributed by atoms with van der Waals surface area (Å²) in [7, 11) is 3.86. The van der Waals surface area contributed by atoms with Gasteiger partial charge in [0.25, 0.3) is 0 Å². The maximum atomic E-state index is 11.9. The quantitative estimate of drug-likeness (QED) is 0.0491. The lowest BCUT2D eigenvalue weighted by Gasteiger charge is -2.07. The molecule has 0 aromatic carbocycles. The molecule has 0 atom stereocenters. The van der Waals surface area contributed by atoms with Crippen LogP contribution in [0.25, 0.3) is 0 Å². The van der Waals surface area contributed by atoms with Crippen LogP contribution in [-0.4, -0.2) is 61.8 Å². The Hall–Kier alpha value is -1.63. The zero-order chi connectivity index (χ0) is 39.3. The number of carboxylic acids is 1. The molecule has 0 unspecified atom stereocenters. The van der Waals surface area contributed by atoms with Gasteiger partial charge in [-0.15, -0.1) is 0 Å². The summed E-state index contributed by atoms with van der Waals surface area (Å²) in [6, 6.07) is 0. The van der Waals surface area contributed by atoms with Crippen LogP contribution in [0.15, 0.2) is 0 Å². The van der Waals surface area contributed by atoms with Crippen molar-refractivity contribution in [3.63, 3.8) is 0 Å². The maximum Gasteiger partial charge on any atom is 0.306 e. The molecule has 0 saturated carbocycles. The molecule has 0 radical (unpaired) electrons. The third kappa shape index (κ3) is 52.5. The normalized spacial score (nSPS) is 11.0. The molecule has 7 heteroatoms. The van der Waals surface area contributed by atoms with Crippen LogP contribution in [0.2, 0.25) is 0 Å². The van der Waals surface area contributed by atoms with E-state index in [1.807, 2.05) is 19.0 Å². The zero-order valence-corrected chi connectivity index (χ0v) is 36.0. The Bertz CT molecular complexity index is 708. The third-order valence-corrected chi connectivity index (χ3v) is 10.1. The molecule has 0 heterocycles. The number of aliphatic carboxylic acids is 1. The van der Waals surface area contributed by atoms with Crippen molar-refractivity contribution in [3.8, 4) is 0 Å². The fraction of sp³-hybridized carbons (Fsp3) is 0.935. The number of hydrogen-bond donors (Lipinski definition) is 1. The van der Waals surface area contributed by atoms with E-state index >= 15 is 0 Å².